The highest BCUT2D eigenvalue weighted by Gasteiger charge is 2.20. The molecule has 0 aliphatic carbocycles. The van der Waals surface area contributed by atoms with Crippen LogP contribution in [0, 0.1) is 0 Å². The van der Waals surface area contributed by atoms with Gasteiger partial charge in [-0.2, -0.15) is 0 Å². The van der Waals surface area contributed by atoms with Crippen molar-refractivity contribution in [2.24, 2.45) is 4.99 Å². The first-order chi connectivity index (χ1) is 11.4. The largest absolute Gasteiger partial charge is 0.493 e. The van der Waals surface area contributed by atoms with Crippen molar-refractivity contribution in [3.8, 4) is 5.75 Å². The maximum atomic E-state index is 5.71. The third kappa shape index (κ3) is 4.90. The van der Waals surface area contributed by atoms with Gasteiger partial charge >= 0.3 is 0 Å². The molecule has 0 amide bonds. The Kier molecular flexibility index (Phi) is 7.42. The number of aliphatic imine (C=N–C) groups is 1. The normalized spacial score (nSPS) is 16.5. The first-order valence-electron chi connectivity index (χ1n) is 8.05. The molecule has 1 unspecified atom stereocenters. The highest BCUT2D eigenvalue weighted by atomic mass is 127. The summed E-state index contributed by atoms with van der Waals surface area (Å²) in [7, 11) is 1.79. The van der Waals surface area contributed by atoms with E-state index in [1.54, 1.807) is 13.3 Å². The number of furan rings is 1. The van der Waals surface area contributed by atoms with Gasteiger partial charge in [0, 0.05) is 32.5 Å². The molecule has 2 N–H and O–H groups in total. The predicted octanol–water partition coefficient (Wildman–Crippen LogP) is 3.17. The topological polar surface area (TPSA) is 58.8 Å². The summed E-state index contributed by atoms with van der Waals surface area (Å²) in [6.45, 7) is 2.41. The van der Waals surface area contributed by atoms with E-state index in [0.717, 1.165) is 50.0 Å². The molecule has 2 aromatic rings. The first-order valence-corrected chi connectivity index (χ1v) is 8.05. The van der Waals surface area contributed by atoms with Crippen LogP contribution in [-0.4, -0.2) is 32.7 Å². The zero-order valence-electron chi connectivity index (χ0n) is 13.8. The molecule has 3 rings (SSSR count). The monoisotopic (exact) mass is 441 g/mol. The molecule has 130 valence electrons. The van der Waals surface area contributed by atoms with Gasteiger partial charge in [0.1, 0.15) is 11.5 Å². The van der Waals surface area contributed by atoms with Crippen LogP contribution >= 0.6 is 24.0 Å². The Labute approximate surface area is 159 Å². The summed E-state index contributed by atoms with van der Waals surface area (Å²) in [6, 6.07) is 12.2. The molecule has 0 radical (unpaired) electrons. The van der Waals surface area contributed by atoms with Crippen LogP contribution in [0.1, 0.15) is 23.7 Å². The lowest BCUT2D eigenvalue weighted by Crippen LogP contribution is -2.40. The molecule has 0 saturated carbocycles. The fourth-order valence-electron chi connectivity index (χ4n) is 2.83. The molecule has 0 spiro atoms. The van der Waals surface area contributed by atoms with Crippen molar-refractivity contribution in [2.45, 2.75) is 18.8 Å². The molecular weight excluding hydrogens is 417 g/mol. The number of para-hydroxylation sites is 1. The third-order valence-corrected chi connectivity index (χ3v) is 4.07. The van der Waals surface area contributed by atoms with E-state index in [4.69, 9.17) is 9.15 Å². The second-order valence-corrected chi connectivity index (χ2v) is 5.58. The second kappa shape index (κ2) is 9.56. The van der Waals surface area contributed by atoms with Crippen LogP contribution < -0.4 is 15.4 Å². The third-order valence-electron chi connectivity index (χ3n) is 4.07. The van der Waals surface area contributed by atoms with E-state index in [2.05, 4.69) is 27.8 Å². The molecule has 24 heavy (non-hydrogen) atoms. The number of hydrogen-bond donors (Lipinski definition) is 2. The van der Waals surface area contributed by atoms with E-state index in [1.165, 1.54) is 5.56 Å². The Hall–Kier alpha value is -1.70. The van der Waals surface area contributed by atoms with Crippen LogP contribution in [0.25, 0.3) is 0 Å². The summed E-state index contributed by atoms with van der Waals surface area (Å²) in [6.07, 6.45) is 3.56. The minimum absolute atomic E-state index is 0. The number of halogens is 1. The van der Waals surface area contributed by atoms with E-state index >= 15 is 0 Å². The molecule has 5 nitrogen and oxygen atoms in total. The summed E-state index contributed by atoms with van der Waals surface area (Å²) in [5.41, 5.74) is 1.28. The molecule has 0 fully saturated rings. The van der Waals surface area contributed by atoms with Crippen LogP contribution in [0.5, 0.6) is 5.75 Å². The number of ether oxygens (including phenoxy) is 1. The molecule has 1 atom stereocenters. The Morgan fingerprint density at radius 3 is 2.88 bits per heavy atom. The average Bonchev–Trinajstić information content (AvgIpc) is 3.11. The lowest BCUT2D eigenvalue weighted by atomic mass is 9.93. The van der Waals surface area contributed by atoms with Gasteiger partial charge in [0.05, 0.1) is 12.9 Å². The molecule has 1 aliphatic heterocycles. The number of fused-ring (bicyclic) bond motifs is 1. The van der Waals surface area contributed by atoms with E-state index < -0.39 is 0 Å². The standard InChI is InChI=1S/C18H23N3O2.HI/c1-19-18(20-10-8-15-5-4-11-22-15)21-13-14-9-12-23-17-7-3-2-6-16(14)17;/h2-7,11,14H,8-10,12-13H2,1H3,(H2,19,20,21);1H. The summed E-state index contributed by atoms with van der Waals surface area (Å²) >= 11 is 0. The lowest BCUT2D eigenvalue weighted by molar-refractivity contribution is 0.267. The zero-order chi connectivity index (χ0) is 15.9. The summed E-state index contributed by atoms with van der Waals surface area (Å²) in [4.78, 5) is 4.28. The van der Waals surface area contributed by atoms with Crippen molar-refractivity contribution < 1.29 is 9.15 Å². The van der Waals surface area contributed by atoms with Gasteiger partial charge in [-0.1, -0.05) is 18.2 Å². The van der Waals surface area contributed by atoms with Gasteiger partial charge in [0.15, 0.2) is 5.96 Å². The first kappa shape index (κ1) is 18.6. The van der Waals surface area contributed by atoms with Gasteiger partial charge in [0.25, 0.3) is 0 Å². The fourth-order valence-corrected chi connectivity index (χ4v) is 2.83. The van der Waals surface area contributed by atoms with Gasteiger partial charge in [0.2, 0.25) is 0 Å². The molecule has 1 aromatic heterocycles. The molecule has 6 heteroatoms. The number of nitrogens with zero attached hydrogens (tertiary/aromatic N) is 1. The SMILES string of the molecule is CN=C(NCCc1ccco1)NCC1CCOc2ccccc21.I. The van der Waals surface area contributed by atoms with Crippen LogP contribution in [-0.2, 0) is 6.42 Å². The highest BCUT2D eigenvalue weighted by Crippen LogP contribution is 2.32. The van der Waals surface area contributed by atoms with Crippen LogP contribution in [0.4, 0.5) is 0 Å². The minimum atomic E-state index is 0. The summed E-state index contributed by atoms with van der Waals surface area (Å²) < 4.78 is 11.0. The minimum Gasteiger partial charge on any atom is -0.493 e. The van der Waals surface area contributed by atoms with Gasteiger partial charge in [-0.15, -0.1) is 24.0 Å². The summed E-state index contributed by atoms with van der Waals surface area (Å²) in [5.74, 6) is 3.25. The van der Waals surface area contributed by atoms with Crippen molar-refractivity contribution in [3.63, 3.8) is 0 Å². The van der Waals surface area contributed by atoms with Gasteiger partial charge in [-0.3, -0.25) is 4.99 Å². The maximum absolute atomic E-state index is 5.71. The maximum Gasteiger partial charge on any atom is 0.191 e. The van der Waals surface area contributed by atoms with Crippen LogP contribution in [0.2, 0.25) is 0 Å². The summed E-state index contributed by atoms with van der Waals surface area (Å²) in [5, 5.41) is 6.73. The quantitative estimate of drug-likeness (QED) is 0.425. The zero-order valence-corrected chi connectivity index (χ0v) is 16.2. The fraction of sp³-hybridized carbons (Fsp3) is 0.389. The Balaban J connectivity index is 0.00000208. The lowest BCUT2D eigenvalue weighted by Gasteiger charge is -2.26. The Morgan fingerprint density at radius 2 is 2.08 bits per heavy atom. The smallest absolute Gasteiger partial charge is 0.191 e. The average molecular weight is 441 g/mol. The number of rotatable bonds is 5. The van der Waals surface area contributed by atoms with Crippen molar-refractivity contribution in [1.82, 2.24) is 10.6 Å². The van der Waals surface area contributed by atoms with Crippen molar-refractivity contribution in [2.75, 3.05) is 26.7 Å². The Bertz CT molecular complexity index is 643. The highest BCUT2D eigenvalue weighted by molar-refractivity contribution is 14.0. The predicted molar refractivity (Wildman–Crippen MR) is 106 cm³/mol. The van der Waals surface area contributed by atoms with E-state index in [1.807, 2.05) is 24.3 Å². The van der Waals surface area contributed by atoms with Crippen LogP contribution in [0.3, 0.4) is 0 Å². The molecule has 1 aliphatic rings. The van der Waals surface area contributed by atoms with Gasteiger partial charge < -0.3 is 19.8 Å². The number of nitrogens with one attached hydrogen (secondary N) is 2. The molecular formula is C18H24IN3O2. The van der Waals surface area contributed by atoms with Gasteiger partial charge in [-0.25, -0.2) is 0 Å². The molecule has 0 saturated heterocycles. The number of benzene rings is 1. The van der Waals surface area contributed by atoms with Crippen molar-refractivity contribution in [1.29, 1.82) is 0 Å². The van der Waals surface area contributed by atoms with Crippen LogP contribution in [0.15, 0.2) is 52.1 Å². The molecule has 1 aromatic carbocycles. The second-order valence-electron chi connectivity index (χ2n) is 5.58. The molecule has 0 bridgehead atoms. The van der Waals surface area contributed by atoms with Gasteiger partial charge in [-0.05, 0) is 30.2 Å². The number of hydrogen-bond acceptors (Lipinski definition) is 3. The Morgan fingerprint density at radius 1 is 1.21 bits per heavy atom. The van der Waals surface area contributed by atoms with E-state index in [0.29, 0.717) is 5.92 Å². The van der Waals surface area contributed by atoms with Crippen molar-refractivity contribution in [3.05, 3.63) is 54.0 Å². The van der Waals surface area contributed by atoms with E-state index in [9.17, 15) is 0 Å². The number of guanidine groups is 1. The van der Waals surface area contributed by atoms with E-state index in [-0.39, 0.29) is 24.0 Å². The van der Waals surface area contributed by atoms with Crippen molar-refractivity contribution >= 4 is 29.9 Å². The molecule has 2 heterocycles.